The average Bonchev–Trinajstić information content (AvgIpc) is 2.42. The van der Waals surface area contributed by atoms with Crippen molar-refractivity contribution in [1.82, 2.24) is 0 Å². The highest BCUT2D eigenvalue weighted by Gasteiger charge is 2.29. The van der Waals surface area contributed by atoms with Crippen molar-refractivity contribution in [1.29, 1.82) is 5.41 Å². The number of alkyl halides is 3. The zero-order valence-corrected chi connectivity index (χ0v) is 10.4. The van der Waals surface area contributed by atoms with Gasteiger partial charge in [0.2, 0.25) is 0 Å². The quantitative estimate of drug-likeness (QED) is 0.496. The first-order valence-corrected chi connectivity index (χ1v) is 5.40. The highest BCUT2D eigenvalue weighted by Crippen LogP contribution is 2.29. The fourth-order valence-electron chi connectivity index (χ4n) is 1.15. The Morgan fingerprint density at radius 1 is 1.32 bits per heavy atom. The first-order valence-electron chi connectivity index (χ1n) is 5.40. The molecule has 0 saturated carbocycles. The van der Waals surface area contributed by atoms with Gasteiger partial charge in [0, 0.05) is 17.5 Å². The summed E-state index contributed by atoms with van der Waals surface area (Å²) in [6.45, 7) is 4.31. The lowest BCUT2D eigenvalue weighted by Gasteiger charge is -2.07. The molecule has 0 aliphatic heterocycles. The lowest BCUT2D eigenvalue weighted by atomic mass is 10.2. The Labute approximate surface area is 109 Å². The van der Waals surface area contributed by atoms with Crippen LogP contribution in [0.4, 0.5) is 18.9 Å². The van der Waals surface area contributed by atoms with E-state index < -0.39 is 11.7 Å². The third-order valence-corrected chi connectivity index (χ3v) is 2.20. The molecule has 104 valence electrons. The Morgan fingerprint density at radius 2 is 1.84 bits per heavy atom. The van der Waals surface area contributed by atoms with Crippen LogP contribution in [0, 0.1) is 5.41 Å². The molecule has 0 saturated heterocycles. The van der Waals surface area contributed by atoms with E-state index in [1.54, 1.807) is 0 Å². The van der Waals surface area contributed by atoms with Crippen LogP contribution in [0.2, 0.25) is 0 Å². The number of anilines is 1. The predicted molar refractivity (Wildman–Crippen MR) is 69.3 cm³/mol. The summed E-state index contributed by atoms with van der Waals surface area (Å²) in [6, 6.07) is 4.61. The molecule has 1 aromatic rings. The minimum Gasteiger partial charge on any atom is -0.361 e. The maximum absolute atomic E-state index is 12.3. The molecular formula is C13H15F3N2O. The van der Waals surface area contributed by atoms with Crippen LogP contribution in [-0.4, -0.2) is 13.0 Å². The van der Waals surface area contributed by atoms with Gasteiger partial charge < -0.3 is 10.7 Å². The minimum absolute atomic E-state index is 0.505. The molecule has 0 unspecified atom stereocenters. The van der Waals surface area contributed by atoms with Gasteiger partial charge in [0.15, 0.2) is 0 Å². The lowest BCUT2D eigenvalue weighted by Crippen LogP contribution is -2.04. The van der Waals surface area contributed by atoms with Gasteiger partial charge in [-0.05, 0) is 37.4 Å². The molecule has 19 heavy (non-hydrogen) atoms. The number of benzene rings is 1. The van der Waals surface area contributed by atoms with E-state index in [0.29, 0.717) is 24.0 Å². The van der Waals surface area contributed by atoms with E-state index in [9.17, 15) is 18.0 Å². The molecule has 0 aromatic heterocycles. The van der Waals surface area contributed by atoms with Crippen LogP contribution in [0.25, 0.3) is 0 Å². The van der Waals surface area contributed by atoms with Crippen LogP contribution in [-0.2, 0) is 11.0 Å². The van der Waals surface area contributed by atoms with Crippen molar-refractivity contribution in [3.05, 3.63) is 41.6 Å². The van der Waals surface area contributed by atoms with Gasteiger partial charge in [-0.25, -0.2) is 0 Å². The monoisotopic (exact) mass is 272 g/mol. The summed E-state index contributed by atoms with van der Waals surface area (Å²) in [5.74, 6) is 0. The second-order valence-corrected chi connectivity index (χ2v) is 3.41. The number of carbonyl (C=O) groups is 1. The molecule has 0 bridgehead atoms. The Kier molecular flexibility index (Phi) is 7.18. The highest BCUT2D eigenvalue weighted by atomic mass is 19.4. The van der Waals surface area contributed by atoms with Crippen LogP contribution in [0.1, 0.15) is 18.9 Å². The van der Waals surface area contributed by atoms with Gasteiger partial charge >= 0.3 is 6.18 Å². The number of hydrogen-bond donors (Lipinski definition) is 2. The summed E-state index contributed by atoms with van der Waals surface area (Å²) >= 11 is 0. The van der Waals surface area contributed by atoms with Crippen LogP contribution >= 0.6 is 0 Å². The van der Waals surface area contributed by atoms with Crippen LogP contribution in [0.5, 0.6) is 0 Å². The van der Waals surface area contributed by atoms with Crippen molar-refractivity contribution in [3.63, 3.8) is 0 Å². The SMILES string of the molecule is C=N.CC/C(C=O)=C\Nc1ccc(C(F)(F)F)cc1. The van der Waals surface area contributed by atoms with E-state index in [1.165, 1.54) is 18.3 Å². The van der Waals surface area contributed by atoms with Crippen LogP contribution in [0.3, 0.4) is 0 Å². The van der Waals surface area contributed by atoms with Crippen molar-refractivity contribution in [3.8, 4) is 0 Å². The average molecular weight is 272 g/mol. The second-order valence-electron chi connectivity index (χ2n) is 3.41. The van der Waals surface area contributed by atoms with Crippen LogP contribution < -0.4 is 5.32 Å². The standard InChI is InChI=1S/C12H12F3NO.CH3N/c1-2-9(8-17)7-16-11-5-3-10(4-6-11)12(13,14)15;1-2/h3-8,16H,2H2,1H3;2H,1H2/b9-7+;. The summed E-state index contributed by atoms with van der Waals surface area (Å²) in [7, 11) is 0. The highest BCUT2D eigenvalue weighted by molar-refractivity contribution is 5.73. The van der Waals surface area contributed by atoms with Gasteiger partial charge in [-0.15, -0.1) is 0 Å². The summed E-state index contributed by atoms with van der Waals surface area (Å²) in [5.41, 5.74) is 0.355. The van der Waals surface area contributed by atoms with Gasteiger partial charge in [0.05, 0.1) is 5.56 Å². The predicted octanol–water partition coefficient (Wildman–Crippen LogP) is 3.88. The van der Waals surface area contributed by atoms with E-state index in [-0.39, 0.29) is 0 Å². The number of aldehydes is 1. The molecule has 0 heterocycles. The van der Waals surface area contributed by atoms with E-state index in [1.807, 2.05) is 6.92 Å². The van der Waals surface area contributed by atoms with E-state index in [0.717, 1.165) is 12.1 Å². The molecule has 0 amide bonds. The molecule has 1 rings (SSSR count). The molecule has 1 aromatic carbocycles. The van der Waals surface area contributed by atoms with Gasteiger partial charge in [-0.3, -0.25) is 4.79 Å². The molecule has 0 aliphatic rings. The maximum atomic E-state index is 12.3. The molecule has 0 atom stereocenters. The smallest absolute Gasteiger partial charge is 0.361 e. The topological polar surface area (TPSA) is 53.0 Å². The molecular weight excluding hydrogens is 257 g/mol. The number of hydrogen-bond acceptors (Lipinski definition) is 3. The Morgan fingerprint density at radius 3 is 2.21 bits per heavy atom. The fraction of sp³-hybridized carbons (Fsp3) is 0.231. The van der Waals surface area contributed by atoms with Crippen molar-refractivity contribution >= 4 is 18.7 Å². The summed E-state index contributed by atoms with van der Waals surface area (Å²) in [6.07, 6.45) is -1.57. The van der Waals surface area contributed by atoms with Crippen molar-refractivity contribution in [2.75, 3.05) is 5.32 Å². The number of halogens is 3. The van der Waals surface area contributed by atoms with Crippen molar-refractivity contribution in [2.45, 2.75) is 19.5 Å². The van der Waals surface area contributed by atoms with Crippen molar-refractivity contribution < 1.29 is 18.0 Å². The minimum atomic E-state index is -4.33. The zero-order valence-electron chi connectivity index (χ0n) is 10.4. The van der Waals surface area contributed by atoms with E-state index >= 15 is 0 Å². The fourth-order valence-corrected chi connectivity index (χ4v) is 1.15. The molecule has 0 aliphatic carbocycles. The summed E-state index contributed by atoms with van der Waals surface area (Å²) < 4.78 is 36.8. The largest absolute Gasteiger partial charge is 0.416 e. The Balaban J connectivity index is 0.00000154. The molecule has 2 N–H and O–H groups in total. The Bertz CT molecular complexity index is 425. The number of carbonyl (C=O) groups excluding carboxylic acids is 1. The molecule has 0 radical (unpaired) electrons. The summed E-state index contributed by atoms with van der Waals surface area (Å²) in [5, 5.41) is 8.26. The van der Waals surface area contributed by atoms with Gasteiger partial charge in [-0.1, -0.05) is 6.92 Å². The zero-order chi connectivity index (χ0) is 14.9. The summed E-state index contributed by atoms with van der Waals surface area (Å²) in [4.78, 5) is 10.5. The number of nitrogens with one attached hydrogen (secondary N) is 2. The van der Waals surface area contributed by atoms with Gasteiger partial charge in [0.25, 0.3) is 0 Å². The van der Waals surface area contributed by atoms with Gasteiger partial charge in [-0.2, -0.15) is 13.2 Å². The van der Waals surface area contributed by atoms with E-state index in [2.05, 4.69) is 12.0 Å². The maximum Gasteiger partial charge on any atom is 0.416 e. The first-order chi connectivity index (χ1) is 8.97. The third kappa shape index (κ3) is 5.85. The normalized spacial score (nSPS) is 11.3. The second kappa shape index (κ2) is 8.07. The number of rotatable bonds is 4. The molecule has 6 heteroatoms. The molecule has 0 fully saturated rings. The van der Waals surface area contributed by atoms with Crippen LogP contribution in [0.15, 0.2) is 36.0 Å². The van der Waals surface area contributed by atoms with Crippen molar-refractivity contribution in [2.24, 2.45) is 0 Å². The third-order valence-electron chi connectivity index (χ3n) is 2.20. The molecule has 0 spiro atoms. The lowest BCUT2D eigenvalue weighted by molar-refractivity contribution is -0.137. The first kappa shape index (κ1) is 16.9. The Hall–Kier alpha value is -2.11. The van der Waals surface area contributed by atoms with Gasteiger partial charge in [0.1, 0.15) is 6.29 Å². The molecule has 3 nitrogen and oxygen atoms in total. The number of allylic oxidation sites excluding steroid dienone is 1. The van der Waals surface area contributed by atoms with E-state index in [4.69, 9.17) is 5.41 Å².